The van der Waals surface area contributed by atoms with Crippen molar-refractivity contribution in [3.63, 3.8) is 0 Å². The molecule has 0 saturated heterocycles. The van der Waals surface area contributed by atoms with Gasteiger partial charge in [-0.15, -0.1) is 12.4 Å². The van der Waals surface area contributed by atoms with E-state index in [0.717, 1.165) is 55.3 Å². The van der Waals surface area contributed by atoms with Crippen LogP contribution in [0.25, 0.3) is 0 Å². The molecule has 0 radical (unpaired) electrons. The SMILES string of the molecule is COc1ccc2c3c1O[C@H]1C[C@@H](O)C=C[C@@]31CCN(CCc1ccccc1Nc1c(Cl)cccc1Cl)C2.Cl. The average Bonchev–Trinajstić information content (AvgIpc) is 3.14. The van der Waals surface area contributed by atoms with E-state index < -0.39 is 6.10 Å². The molecule has 6 rings (SSSR count). The summed E-state index contributed by atoms with van der Waals surface area (Å²) in [6.07, 6.45) is 5.98. The molecule has 2 aliphatic heterocycles. The van der Waals surface area contributed by atoms with Crippen molar-refractivity contribution in [2.24, 2.45) is 0 Å². The van der Waals surface area contributed by atoms with E-state index in [4.69, 9.17) is 32.7 Å². The van der Waals surface area contributed by atoms with Gasteiger partial charge in [0.25, 0.3) is 0 Å². The van der Waals surface area contributed by atoms with E-state index >= 15 is 0 Å². The molecule has 0 unspecified atom stereocenters. The molecular weight excluding hydrogens is 543 g/mol. The molecule has 2 N–H and O–H groups in total. The van der Waals surface area contributed by atoms with Gasteiger partial charge in [0, 0.05) is 30.8 Å². The predicted molar refractivity (Wildman–Crippen MR) is 156 cm³/mol. The van der Waals surface area contributed by atoms with Crippen LogP contribution in [-0.4, -0.2) is 42.4 Å². The summed E-state index contributed by atoms with van der Waals surface area (Å²) >= 11 is 12.8. The van der Waals surface area contributed by atoms with Gasteiger partial charge in [-0.05, 0) is 54.8 Å². The molecule has 8 heteroatoms. The van der Waals surface area contributed by atoms with Crippen molar-refractivity contribution < 1.29 is 14.6 Å². The third-order valence-corrected chi connectivity index (χ3v) is 8.60. The zero-order valence-electron chi connectivity index (χ0n) is 21.1. The first-order valence-corrected chi connectivity index (χ1v) is 13.5. The maximum atomic E-state index is 10.3. The third kappa shape index (κ3) is 4.76. The molecule has 0 aromatic heterocycles. The van der Waals surface area contributed by atoms with Crippen LogP contribution in [0.4, 0.5) is 11.4 Å². The summed E-state index contributed by atoms with van der Waals surface area (Å²) in [5.41, 5.74) is 5.22. The Morgan fingerprint density at radius 2 is 1.89 bits per heavy atom. The van der Waals surface area contributed by atoms with Crippen LogP contribution in [0.3, 0.4) is 0 Å². The molecule has 0 bridgehead atoms. The maximum absolute atomic E-state index is 10.3. The predicted octanol–water partition coefficient (Wildman–Crippen LogP) is 6.94. The second kappa shape index (κ2) is 11.0. The van der Waals surface area contributed by atoms with Crippen LogP contribution in [0.5, 0.6) is 11.5 Å². The van der Waals surface area contributed by atoms with Gasteiger partial charge in [-0.1, -0.05) is 65.7 Å². The van der Waals surface area contributed by atoms with E-state index in [9.17, 15) is 5.11 Å². The highest BCUT2D eigenvalue weighted by atomic mass is 35.5. The lowest BCUT2D eigenvalue weighted by molar-refractivity contribution is 0.0811. The summed E-state index contributed by atoms with van der Waals surface area (Å²) in [7, 11) is 1.69. The van der Waals surface area contributed by atoms with E-state index in [1.807, 2.05) is 36.4 Å². The Balaban J connectivity index is 0.00000294. The number of benzene rings is 3. The van der Waals surface area contributed by atoms with E-state index in [1.54, 1.807) is 7.11 Å². The lowest BCUT2D eigenvalue weighted by Crippen LogP contribution is -2.43. The van der Waals surface area contributed by atoms with Gasteiger partial charge in [-0.3, -0.25) is 4.90 Å². The number of aliphatic hydroxyl groups is 1. The number of para-hydroxylation sites is 2. The smallest absolute Gasteiger partial charge is 0.166 e. The largest absolute Gasteiger partial charge is 0.493 e. The molecule has 38 heavy (non-hydrogen) atoms. The molecule has 2 heterocycles. The van der Waals surface area contributed by atoms with Crippen molar-refractivity contribution in [3.8, 4) is 11.5 Å². The van der Waals surface area contributed by atoms with Crippen LogP contribution in [0.1, 0.15) is 29.5 Å². The summed E-state index contributed by atoms with van der Waals surface area (Å²) in [6, 6.07) is 18.0. The van der Waals surface area contributed by atoms with Crippen molar-refractivity contribution >= 4 is 47.0 Å². The van der Waals surface area contributed by atoms with Crippen LogP contribution < -0.4 is 14.8 Å². The summed E-state index contributed by atoms with van der Waals surface area (Å²) in [5, 5.41) is 15.0. The Labute approximate surface area is 239 Å². The topological polar surface area (TPSA) is 54.0 Å². The van der Waals surface area contributed by atoms with Crippen LogP contribution in [0.15, 0.2) is 66.7 Å². The lowest BCUT2D eigenvalue weighted by atomic mass is 9.69. The number of nitrogens with zero attached hydrogens (tertiary/aromatic N) is 1. The van der Waals surface area contributed by atoms with Gasteiger partial charge in [0.05, 0.1) is 34.4 Å². The molecule has 5 nitrogen and oxygen atoms in total. The highest BCUT2D eigenvalue weighted by Crippen LogP contribution is 2.55. The molecule has 0 amide bonds. The van der Waals surface area contributed by atoms with Crippen LogP contribution in [-0.2, 0) is 18.4 Å². The highest BCUT2D eigenvalue weighted by Gasteiger charge is 2.52. The Hall–Kier alpha value is -2.41. The number of nitrogens with one attached hydrogen (secondary N) is 1. The maximum Gasteiger partial charge on any atom is 0.166 e. The first-order valence-electron chi connectivity index (χ1n) is 12.7. The van der Waals surface area contributed by atoms with E-state index in [2.05, 4.69) is 40.6 Å². The lowest BCUT2D eigenvalue weighted by Gasteiger charge is -2.36. The number of hydrogen-bond acceptors (Lipinski definition) is 5. The number of hydrogen-bond donors (Lipinski definition) is 2. The minimum absolute atomic E-state index is 0. The monoisotopic (exact) mass is 572 g/mol. The molecule has 0 saturated carbocycles. The van der Waals surface area contributed by atoms with E-state index in [0.29, 0.717) is 16.5 Å². The van der Waals surface area contributed by atoms with Crippen molar-refractivity contribution in [1.29, 1.82) is 0 Å². The normalized spacial score (nSPS) is 23.5. The quantitative estimate of drug-likeness (QED) is 0.313. The van der Waals surface area contributed by atoms with Crippen molar-refractivity contribution in [2.45, 2.75) is 43.4 Å². The molecule has 3 aromatic carbocycles. The van der Waals surface area contributed by atoms with Gasteiger partial charge in [0.2, 0.25) is 0 Å². The fraction of sp³-hybridized carbons (Fsp3) is 0.333. The first kappa shape index (κ1) is 27.2. The number of aliphatic hydroxyl groups excluding tert-OH is 1. The third-order valence-electron chi connectivity index (χ3n) is 7.97. The Bertz CT molecular complexity index is 1340. The summed E-state index contributed by atoms with van der Waals surface area (Å²) in [6.45, 7) is 2.68. The number of anilines is 2. The number of methoxy groups -OCH3 is 1. The fourth-order valence-electron chi connectivity index (χ4n) is 6.08. The molecule has 3 aromatic rings. The summed E-state index contributed by atoms with van der Waals surface area (Å²) in [4.78, 5) is 2.52. The fourth-order valence-corrected chi connectivity index (χ4v) is 6.57. The molecule has 200 valence electrons. The average molecular weight is 574 g/mol. The van der Waals surface area contributed by atoms with Crippen molar-refractivity contribution in [3.05, 3.63) is 93.5 Å². The Morgan fingerprint density at radius 1 is 1.11 bits per heavy atom. The van der Waals surface area contributed by atoms with Gasteiger partial charge in [-0.2, -0.15) is 0 Å². The zero-order chi connectivity index (χ0) is 25.6. The molecule has 0 fully saturated rings. The van der Waals surface area contributed by atoms with Crippen LogP contribution >= 0.6 is 35.6 Å². The molecule has 3 atom stereocenters. The number of halogens is 3. The van der Waals surface area contributed by atoms with Gasteiger partial charge in [0.1, 0.15) is 6.10 Å². The standard InChI is InChI=1S/C30H30Cl2N2O3.ClH/c1-36-25-10-9-20-18-34(16-14-30-13-11-21(35)17-26(30)37-29(25)27(20)30)15-12-19-5-2-3-8-24(19)33-28-22(31)6-4-7-23(28)32;/h2-11,13,21,26,33,35H,12,14-18H2,1H3;1H/t21-,26-,30-;/m0./s1. The molecule has 1 aliphatic carbocycles. The molecule has 3 aliphatic rings. The molecule has 1 spiro atoms. The minimum Gasteiger partial charge on any atom is -0.493 e. The van der Waals surface area contributed by atoms with Crippen molar-refractivity contribution in [1.82, 2.24) is 4.90 Å². The summed E-state index contributed by atoms with van der Waals surface area (Å²) < 4.78 is 12.1. The minimum atomic E-state index is -0.477. The molecular formula is C30H31Cl3N2O3. The van der Waals surface area contributed by atoms with Gasteiger partial charge in [-0.25, -0.2) is 0 Å². The second-order valence-corrected chi connectivity index (χ2v) is 10.9. The van der Waals surface area contributed by atoms with Gasteiger partial charge in [0.15, 0.2) is 11.5 Å². The van der Waals surface area contributed by atoms with Crippen LogP contribution in [0.2, 0.25) is 10.0 Å². The van der Waals surface area contributed by atoms with Crippen molar-refractivity contribution in [2.75, 3.05) is 25.5 Å². The summed E-state index contributed by atoms with van der Waals surface area (Å²) in [5.74, 6) is 1.61. The first-order chi connectivity index (χ1) is 18.0. The Morgan fingerprint density at radius 3 is 2.68 bits per heavy atom. The van der Waals surface area contributed by atoms with E-state index in [-0.39, 0.29) is 23.9 Å². The Kier molecular flexibility index (Phi) is 7.86. The van der Waals surface area contributed by atoms with Crippen LogP contribution in [0, 0.1) is 0 Å². The number of rotatable bonds is 6. The highest BCUT2D eigenvalue weighted by molar-refractivity contribution is 6.39. The van der Waals surface area contributed by atoms with Gasteiger partial charge >= 0.3 is 0 Å². The zero-order valence-corrected chi connectivity index (χ0v) is 23.5. The number of ether oxygens (including phenoxy) is 2. The second-order valence-electron chi connectivity index (χ2n) is 10.1. The van der Waals surface area contributed by atoms with Gasteiger partial charge < -0.3 is 19.9 Å². The van der Waals surface area contributed by atoms with E-state index in [1.165, 1.54) is 16.7 Å².